The molecule has 0 bridgehead atoms. The van der Waals surface area contributed by atoms with Crippen LogP contribution in [0.3, 0.4) is 0 Å². The molecular formula is C23H20ClFN4O3. The molecule has 1 aliphatic heterocycles. The van der Waals surface area contributed by atoms with Crippen molar-refractivity contribution in [1.82, 2.24) is 9.97 Å². The van der Waals surface area contributed by atoms with Crippen molar-refractivity contribution in [1.29, 1.82) is 0 Å². The molecule has 9 heteroatoms. The minimum Gasteiger partial charge on any atom is -0.481 e. The third-order valence-electron chi connectivity index (χ3n) is 5.32. The van der Waals surface area contributed by atoms with Crippen LogP contribution < -0.4 is 15.0 Å². The van der Waals surface area contributed by atoms with Gasteiger partial charge in [0.1, 0.15) is 12.4 Å². The molecular weight excluding hydrogens is 435 g/mol. The number of nitrogens with one attached hydrogen (secondary N) is 1. The lowest BCUT2D eigenvalue weighted by molar-refractivity contribution is -0.122. The topological polar surface area (TPSA) is 84.4 Å². The summed E-state index contributed by atoms with van der Waals surface area (Å²) in [5.74, 6) is -1.72. The average Bonchev–Trinajstić information content (AvgIpc) is 2.86. The number of rotatable bonds is 4. The lowest BCUT2D eigenvalue weighted by atomic mass is 9.96. The van der Waals surface area contributed by atoms with E-state index in [2.05, 4.69) is 15.3 Å². The van der Waals surface area contributed by atoms with E-state index >= 15 is 0 Å². The van der Waals surface area contributed by atoms with Gasteiger partial charge < -0.3 is 15.0 Å². The highest BCUT2D eigenvalue weighted by molar-refractivity contribution is 6.30. The fourth-order valence-corrected chi connectivity index (χ4v) is 3.92. The summed E-state index contributed by atoms with van der Waals surface area (Å²) in [6.45, 7) is 3.27. The molecule has 0 aliphatic carbocycles. The van der Waals surface area contributed by atoms with Gasteiger partial charge in [0.15, 0.2) is 0 Å². The van der Waals surface area contributed by atoms with Crippen LogP contribution in [0.4, 0.5) is 15.8 Å². The van der Waals surface area contributed by atoms with Crippen molar-refractivity contribution in [3.05, 3.63) is 64.8 Å². The number of aryl methyl sites for hydroxylation is 1. The first-order valence-electron chi connectivity index (χ1n) is 9.87. The summed E-state index contributed by atoms with van der Waals surface area (Å²) in [4.78, 5) is 36.5. The second-order valence-corrected chi connectivity index (χ2v) is 7.81. The number of hydrogen-bond donors (Lipinski definition) is 1. The van der Waals surface area contributed by atoms with Gasteiger partial charge in [0, 0.05) is 29.1 Å². The number of methoxy groups -OCH3 is 1. The van der Waals surface area contributed by atoms with Crippen molar-refractivity contribution in [2.75, 3.05) is 23.9 Å². The Labute approximate surface area is 189 Å². The van der Waals surface area contributed by atoms with Gasteiger partial charge in [0.2, 0.25) is 17.7 Å². The Bertz CT molecular complexity index is 1230. The summed E-state index contributed by atoms with van der Waals surface area (Å²) in [5.41, 5.74) is 3.46. The number of pyridine rings is 2. The van der Waals surface area contributed by atoms with E-state index in [0.717, 1.165) is 11.6 Å². The van der Waals surface area contributed by atoms with Crippen LogP contribution >= 0.6 is 11.6 Å². The normalized spacial score (nSPS) is 15.0. The Morgan fingerprint density at radius 2 is 2.09 bits per heavy atom. The van der Waals surface area contributed by atoms with Crippen LogP contribution in [0.1, 0.15) is 24.2 Å². The number of halogens is 2. The number of aromatic nitrogens is 2. The van der Waals surface area contributed by atoms with Crippen molar-refractivity contribution in [2.24, 2.45) is 0 Å². The zero-order chi connectivity index (χ0) is 23.0. The molecule has 0 saturated carbocycles. The number of ether oxygens (including phenoxy) is 1. The highest BCUT2D eigenvalue weighted by atomic mass is 35.5. The molecule has 1 aromatic carbocycles. The highest BCUT2D eigenvalue weighted by Gasteiger charge is 2.35. The number of amides is 2. The second-order valence-electron chi connectivity index (χ2n) is 7.40. The van der Waals surface area contributed by atoms with Gasteiger partial charge in [-0.2, -0.15) is 0 Å². The van der Waals surface area contributed by atoms with E-state index in [4.69, 9.17) is 16.3 Å². The second kappa shape index (κ2) is 8.55. The largest absolute Gasteiger partial charge is 0.481 e. The number of anilines is 2. The molecule has 1 N–H and O–H groups in total. The average molecular weight is 455 g/mol. The van der Waals surface area contributed by atoms with E-state index in [1.807, 2.05) is 13.0 Å². The Morgan fingerprint density at radius 1 is 1.31 bits per heavy atom. The van der Waals surface area contributed by atoms with E-state index in [0.29, 0.717) is 28.5 Å². The van der Waals surface area contributed by atoms with Gasteiger partial charge in [-0.15, -0.1) is 0 Å². The summed E-state index contributed by atoms with van der Waals surface area (Å²) < 4.78 is 19.1. The minimum absolute atomic E-state index is 0.0474. The number of nitrogens with zero attached hydrogens (tertiary/aromatic N) is 3. The third-order valence-corrected chi connectivity index (χ3v) is 5.62. The molecule has 2 amide bonds. The van der Waals surface area contributed by atoms with Gasteiger partial charge in [-0.05, 0) is 38.1 Å². The van der Waals surface area contributed by atoms with Crippen LogP contribution in [0.5, 0.6) is 5.88 Å². The van der Waals surface area contributed by atoms with Crippen LogP contribution in [0.2, 0.25) is 5.02 Å². The van der Waals surface area contributed by atoms with Gasteiger partial charge in [0.05, 0.1) is 35.1 Å². The maximum atomic E-state index is 13.8. The molecule has 0 fully saturated rings. The molecule has 164 valence electrons. The van der Waals surface area contributed by atoms with Crippen LogP contribution in [0.25, 0.3) is 11.1 Å². The summed E-state index contributed by atoms with van der Waals surface area (Å²) in [6.07, 6.45) is 1.63. The van der Waals surface area contributed by atoms with E-state index < -0.39 is 17.6 Å². The third kappa shape index (κ3) is 3.89. The van der Waals surface area contributed by atoms with Crippen molar-refractivity contribution in [3.8, 4) is 17.0 Å². The molecule has 32 heavy (non-hydrogen) atoms. The van der Waals surface area contributed by atoms with E-state index in [9.17, 15) is 14.0 Å². The van der Waals surface area contributed by atoms with Gasteiger partial charge in [-0.3, -0.25) is 14.6 Å². The van der Waals surface area contributed by atoms with E-state index in [1.165, 1.54) is 24.1 Å². The van der Waals surface area contributed by atoms with E-state index in [1.54, 1.807) is 25.3 Å². The fraction of sp³-hybridized carbons (Fsp3) is 0.217. The van der Waals surface area contributed by atoms with Gasteiger partial charge in [-0.1, -0.05) is 17.7 Å². The molecule has 7 nitrogen and oxygen atoms in total. The van der Waals surface area contributed by atoms with Crippen LogP contribution in [0.15, 0.2) is 42.6 Å². The molecule has 3 aromatic rings. The Hall–Kier alpha value is -3.52. The lowest BCUT2D eigenvalue weighted by Crippen LogP contribution is -2.40. The Kier molecular flexibility index (Phi) is 5.80. The molecule has 1 aliphatic rings. The lowest BCUT2D eigenvalue weighted by Gasteiger charge is -2.25. The quantitative estimate of drug-likeness (QED) is 0.633. The Balaban J connectivity index is 1.77. The molecule has 0 spiro atoms. The van der Waals surface area contributed by atoms with Crippen molar-refractivity contribution < 1.29 is 18.7 Å². The summed E-state index contributed by atoms with van der Waals surface area (Å²) in [5, 5.41) is 2.57. The number of hydrogen-bond acceptors (Lipinski definition) is 5. The highest BCUT2D eigenvalue weighted by Crippen LogP contribution is 2.42. The monoisotopic (exact) mass is 454 g/mol. The molecule has 0 saturated heterocycles. The van der Waals surface area contributed by atoms with Crippen LogP contribution in [-0.2, 0) is 9.59 Å². The molecule has 0 radical (unpaired) electrons. The van der Waals surface area contributed by atoms with Crippen molar-refractivity contribution >= 4 is 34.8 Å². The predicted octanol–water partition coefficient (Wildman–Crippen LogP) is 4.34. The van der Waals surface area contributed by atoms with Crippen molar-refractivity contribution in [3.63, 3.8) is 0 Å². The standard InChI is InChI=1S/C23H20ClFN4O3/c1-12-22-15(5-4-8-26-22)21-13(2)27-20(32-3)10-18(21)29(23(12)31)11-19(30)28-14-6-7-16(24)17(25)9-14/h4-10,12H,11H2,1-3H3,(H,28,30)/t12-/m1/s1. The zero-order valence-electron chi connectivity index (χ0n) is 17.6. The fourth-order valence-electron chi connectivity index (χ4n) is 3.80. The SMILES string of the molecule is COc1cc2c(c(C)n1)-c1cccnc1[C@@H](C)C(=O)N2CC(=O)Nc1ccc(Cl)c(F)c1. The molecule has 2 aromatic heterocycles. The number of carbonyl (C=O) groups is 2. The summed E-state index contributed by atoms with van der Waals surface area (Å²) in [6, 6.07) is 9.26. The molecule has 0 unspecified atom stereocenters. The van der Waals surface area contributed by atoms with Crippen molar-refractivity contribution in [2.45, 2.75) is 19.8 Å². The maximum absolute atomic E-state index is 13.8. The first-order chi connectivity index (χ1) is 15.3. The smallest absolute Gasteiger partial charge is 0.244 e. The number of fused-ring (bicyclic) bond motifs is 3. The van der Waals surface area contributed by atoms with Gasteiger partial charge >= 0.3 is 0 Å². The predicted molar refractivity (Wildman–Crippen MR) is 120 cm³/mol. The number of carbonyl (C=O) groups excluding carboxylic acids is 2. The van der Waals surface area contributed by atoms with Crippen LogP contribution in [0, 0.1) is 12.7 Å². The van der Waals surface area contributed by atoms with Gasteiger partial charge in [0.25, 0.3) is 0 Å². The molecule has 3 heterocycles. The minimum atomic E-state index is -0.651. The van der Waals surface area contributed by atoms with Gasteiger partial charge in [-0.25, -0.2) is 9.37 Å². The summed E-state index contributed by atoms with van der Waals surface area (Å²) >= 11 is 5.71. The molecule has 1 atom stereocenters. The first-order valence-corrected chi connectivity index (χ1v) is 10.2. The Morgan fingerprint density at radius 3 is 2.81 bits per heavy atom. The maximum Gasteiger partial charge on any atom is 0.244 e. The summed E-state index contributed by atoms with van der Waals surface area (Å²) in [7, 11) is 1.48. The first kappa shape index (κ1) is 21.7. The van der Waals surface area contributed by atoms with Crippen LogP contribution in [-0.4, -0.2) is 35.4 Å². The van der Waals surface area contributed by atoms with E-state index in [-0.39, 0.29) is 23.2 Å². The zero-order valence-corrected chi connectivity index (χ0v) is 18.4. The molecule has 4 rings (SSSR count). The number of benzene rings is 1.